The number of likely N-dealkylation sites (N-methyl/N-ethyl adjacent to an activating group) is 1. The molecule has 4 nitrogen and oxygen atoms in total. The van der Waals surface area contributed by atoms with Crippen molar-refractivity contribution in [1.29, 1.82) is 0 Å². The lowest BCUT2D eigenvalue weighted by molar-refractivity contribution is 0.492. The molecule has 0 fully saturated rings. The van der Waals surface area contributed by atoms with Gasteiger partial charge in [-0.3, -0.25) is 0 Å². The van der Waals surface area contributed by atoms with Gasteiger partial charge in [0.2, 0.25) is 5.89 Å². The number of halogens is 3. The summed E-state index contributed by atoms with van der Waals surface area (Å²) in [5, 5.41) is 10.3. The molecular formula is C12H12ClF2N3O. The first kappa shape index (κ1) is 13.9. The van der Waals surface area contributed by atoms with Crippen LogP contribution in [-0.2, 0) is 6.42 Å². The van der Waals surface area contributed by atoms with E-state index < -0.39 is 11.6 Å². The van der Waals surface area contributed by atoms with E-state index >= 15 is 0 Å². The van der Waals surface area contributed by atoms with E-state index in [-0.39, 0.29) is 16.5 Å². The third-order valence-corrected chi connectivity index (χ3v) is 2.76. The predicted octanol–water partition coefficient (Wildman–Crippen LogP) is 2.82. The third kappa shape index (κ3) is 3.27. The largest absolute Gasteiger partial charge is 0.421 e. The van der Waals surface area contributed by atoms with Gasteiger partial charge in [0, 0.05) is 13.0 Å². The fourth-order valence-electron chi connectivity index (χ4n) is 1.52. The van der Waals surface area contributed by atoms with Crippen LogP contribution in [0, 0.1) is 11.6 Å². The Hall–Kier alpha value is -1.53. The molecule has 0 amide bonds. The van der Waals surface area contributed by atoms with Crippen LogP contribution in [0.1, 0.15) is 12.8 Å². The number of hydrogen-bond acceptors (Lipinski definition) is 4. The van der Waals surface area contributed by atoms with Crippen LogP contribution < -0.4 is 5.32 Å². The molecule has 7 heteroatoms. The standard InChI is InChI=1S/C12H12ClF2N3O/c1-2-16-4-3-11-17-18-12(19-11)7-5-10(15)8(13)6-9(7)14/h5-6,16H,2-4H2,1H3. The average Bonchev–Trinajstić information content (AvgIpc) is 2.83. The Morgan fingerprint density at radius 3 is 2.79 bits per heavy atom. The zero-order chi connectivity index (χ0) is 13.8. The molecule has 0 atom stereocenters. The lowest BCUT2D eigenvalue weighted by Gasteiger charge is -2.00. The van der Waals surface area contributed by atoms with Crippen LogP contribution in [0.25, 0.3) is 11.5 Å². The second-order valence-electron chi connectivity index (χ2n) is 3.85. The van der Waals surface area contributed by atoms with Gasteiger partial charge < -0.3 is 9.73 Å². The van der Waals surface area contributed by atoms with Gasteiger partial charge in [-0.2, -0.15) is 0 Å². The molecule has 19 heavy (non-hydrogen) atoms. The summed E-state index contributed by atoms with van der Waals surface area (Å²) < 4.78 is 32.2. The molecule has 0 saturated carbocycles. The van der Waals surface area contributed by atoms with Gasteiger partial charge in [-0.05, 0) is 18.7 Å². The van der Waals surface area contributed by atoms with Gasteiger partial charge in [-0.15, -0.1) is 10.2 Å². The maximum atomic E-state index is 13.6. The smallest absolute Gasteiger partial charge is 0.250 e. The van der Waals surface area contributed by atoms with Crippen LogP contribution in [0.5, 0.6) is 0 Å². The molecule has 0 saturated heterocycles. The maximum Gasteiger partial charge on any atom is 0.250 e. The Kier molecular flexibility index (Phi) is 4.44. The van der Waals surface area contributed by atoms with Gasteiger partial charge in [0.15, 0.2) is 0 Å². The zero-order valence-electron chi connectivity index (χ0n) is 10.2. The van der Waals surface area contributed by atoms with Crippen molar-refractivity contribution in [1.82, 2.24) is 15.5 Å². The highest BCUT2D eigenvalue weighted by Gasteiger charge is 2.16. The number of nitrogens with one attached hydrogen (secondary N) is 1. The molecule has 1 N–H and O–H groups in total. The minimum atomic E-state index is -0.731. The highest BCUT2D eigenvalue weighted by Crippen LogP contribution is 2.26. The van der Waals surface area contributed by atoms with Gasteiger partial charge in [0.1, 0.15) is 11.6 Å². The number of benzene rings is 1. The summed E-state index contributed by atoms with van der Waals surface area (Å²) >= 11 is 5.47. The van der Waals surface area contributed by atoms with E-state index in [0.29, 0.717) is 18.9 Å². The van der Waals surface area contributed by atoms with Crippen molar-refractivity contribution in [3.8, 4) is 11.5 Å². The highest BCUT2D eigenvalue weighted by atomic mass is 35.5. The van der Waals surface area contributed by atoms with Gasteiger partial charge >= 0.3 is 0 Å². The zero-order valence-corrected chi connectivity index (χ0v) is 11.0. The molecule has 0 aliphatic heterocycles. The summed E-state index contributed by atoms with van der Waals surface area (Å²) in [5.74, 6) is -1.12. The molecule has 0 aliphatic rings. The Morgan fingerprint density at radius 2 is 2.05 bits per heavy atom. The Balaban J connectivity index is 2.20. The maximum absolute atomic E-state index is 13.6. The Labute approximate surface area is 113 Å². The molecule has 2 rings (SSSR count). The minimum absolute atomic E-state index is 0.0560. The molecule has 1 aromatic carbocycles. The third-order valence-electron chi connectivity index (χ3n) is 2.47. The normalized spacial score (nSPS) is 10.9. The quantitative estimate of drug-likeness (QED) is 0.679. The van der Waals surface area contributed by atoms with E-state index in [2.05, 4.69) is 15.5 Å². The molecule has 0 radical (unpaired) electrons. The molecular weight excluding hydrogens is 276 g/mol. The molecule has 0 aliphatic carbocycles. The van der Waals surface area contributed by atoms with Crippen LogP contribution in [0.15, 0.2) is 16.5 Å². The first-order valence-corrected chi connectivity index (χ1v) is 6.17. The second-order valence-corrected chi connectivity index (χ2v) is 4.26. The molecule has 102 valence electrons. The lowest BCUT2D eigenvalue weighted by Crippen LogP contribution is -2.16. The first-order valence-electron chi connectivity index (χ1n) is 5.79. The summed E-state index contributed by atoms with van der Waals surface area (Å²) in [6.07, 6.45) is 0.526. The Bertz CT molecular complexity index is 574. The van der Waals surface area contributed by atoms with E-state index in [4.69, 9.17) is 16.0 Å². The molecule has 1 aromatic heterocycles. The van der Waals surface area contributed by atoms with Crippen molar-refractivity contribution < 1.29 is 13.2 Å². The van der Waals surface area contributed by atoms with Crippen molar-refractivity contribution in [3.05, 3.63) is 34.7 Å². The van der Waals surface area contributed by atoms with Gasteiger partial charge in [0.05, 0.1) is 10.6 Å². The highest BCUT2D eigenvalue weighted by molar-refractivity contribution is 6.30. The lowest BCUT2D eigenvalue weighted by atomic mass is 10.2. The minimum Gasteiger partial charge on any atom is -0.421 e. The second kappa shape index (κ2) is 6.08. The summed E-state index contributed by atoms with van der Waals surface area (Å²) in [6.45, 7) is 3.48. The monoisotopic (exact) mass is 287 g/mol. The molecule has 1 heterocycles. The van der Waals surface area contributed by atoms with E-state index in [9.17, 15) is 8.78 Å². The van der Waals surface area contributed by atoms with Crippen LogP contribution >= 0.6 is 11.6 Å². The van der Waals surface area contributed by atoms with E-state index in [1.807, 2.05) is 6.92 Å². The topological polar surface area (TPSA) is 51.0 Å². The summed E-state index contributed by atoms with van der Waals surface area (Å²) in [7, 11) is 0. The molecule has 2 aromatic rings. The predicted molar refractivity (Wildman–Crippen MR) is 66.9 cm³/mol. The number of aromatic nitrogens is 2. The van der Waals surface area contributed by atoms with Crippen LogP contribution in [0.4, 0.5) is 8.78 Å². The van der Waals surface area contributed by atoms with Crippen molar-refractivity contribution in [2.24, 2.45) is 0 Å². The SMILES string of the molecule is CCNCCc1nnc(-c2cc(F)c(Cl)cc2F)o1. The Morgan fingerprint density at radius 1 is 1.26 bits per heavy atom. The summed E-state index contributed by atoms with van der Waals surface area (Å²) in [5.41, 5.74) is -0.0934. The molecule has 0 unspecified atom stereocenters. The number of rotatable bonds is 5. The van der Waals surface area contributed by atoms with Crippen molar-refractivity contribution in [2.75, 3.05) is 13.1 Å². The van der Waals surface area contributed by atoms with E-state index in [1.54, 1.807) is 0 Å². The number of nitrogens with zero attached hydrogens (tertiary/aromatic N) is 2. The van der Waals surface area contributed by atoms with Gasteiger partial charge in [0.25, 0.3) is 5.89 Å². The number of hydrogen-bond donors (Lipinski definition) is 1. The molecule has 0 spiro atoms. The van der Waals surface area contributed by atoms with Crippen LogP contribution in [0.2, 0.25) is 5.02 Å². The fraction of sp³-hybridized carbons (Fsp3) is 0.333. The van der Waals surface area contributed by atoms with E-state index in [0.717, 1.165) is 18.7 Å². The summed E-state index contributed by atoms with van der Waals surface area (Å²) in [4.78, 5) is 0. The van der Waals surface area contributed by atoms with Crippen molar-refractivity contribution in [2.45, 2.75) is 13.3 Å². The van der Waals surface area contributed by atoms with Crippen LogP contribution in [-0.4, -0.2) is 23.3 Å². The average molecular weight is 288 g/mol. The fourth-order valence-corrected chi connectivity index (χ4v) is 1.67. The van der Waals surface area contributed by atoms with Gasteiger partial charge in [-0.1, -0.05) is 18.5 Å². The summed E-state index contributed by atoms with van der Waals surface area (Å²) in [6, 6.07) is 1.83. The first-order chi connectivity index (χ1) is 9.11. The molecule has 0 bridgehead atoms. The van der Waals surface area contributed by atoms with Crippen LogP contribution in [0.3, 0.4) is 0 Å². The van der Waals surface area contributed by atoms with Gasteiger partial charge in [-0.25, -0.2) is 8.78 Å². The van der Waals surface area contributed by atoms with Crippen molar-refractivity contribution >= 4 is 11.6 Å². The van der Waals surface area contributed by atoms with Crippen molar-refractivity contribution in [3.63, 3.8) is 0 Å². The van der Waals surface area contributed by atoms with E-state index in [1.165, 1.54) is 0 Å².